The summed E-state index contributed by atoms with van der Waals surface area (Å²) in [5.74, 6) is -0.709. The van der Waals surface area contributed by atoms with Crippen molar-refractivity contribution in [3.05, 3.63) is 71.8 Å². The van der Waals surface area contributed by atoms with Crippen LogP contribution in [-0.2, 0) is 9.53 Å². The second-order valence-corrected chi connectivity index (χ2v) is 10.9. The largest absolute Gasteiger partial charge is 0.460 e. The van der Waals surface area contributed by atoms with Crippen LogP contribution in [0.3, 0.4) is 0 Å². The topological polar surface area (TPSA) is 63.7 Å². The molecule has 5 nitrogen and oxygen atoms in total. The number of carbonyl (C=O) groups is 3. The summed E-state index contributed by atoms with van der Waals surface area (Å²) in [5.41, 5.74) is 0.665. The number of nitrogens with zero attached hydrogens (tertiary/aromatic N) is 1. The Morgan fingerprint density at radius 1 is 0.703 bits per heavy atom. The van der Waals surface area contributed by atoms with Gasteiger partial charge < -0.3 is 4.74 Å². The van der Waals surface area contributed by atoms with Crippen molar-refractivity contribution in [1.82, 2.24) is 4.90 Å². The van der Waals surface area contributed by atoms with Gasteiger partial charge in [0.25, 0.3) is 11.8 Å². The van der Waals surface area contributed by atoms with E-state index in [1.54, 1.807) is 0 Å². The summed E-state index contributed by atoms with van der Waals surface area (Å²) in [6.07, 6.45) is 2.37. The minimum atomic E-state index is -0.493. The summed E-state index contributed by atoms with van der Waals surface area (Å²) < 4.78 is 5.36. The summed E-state index contributed by atoms with van der Waals surface area (Å²) >= 11 is 0. The average molecular weight is 492 g/mol. The van der Waals surface area contributed by atoms with Crippen molar-refractivity contribution >= 4 is 60.9 Å². The number of imide groups is 1. The Balaban J connectivity index is 1.31. The van der Waals surface area contributed by atoms with E-state index < -0.39 is 5.60 Å². The molecule has 37 heavy (non-hydrogen) atoms. The van der Waals surface area contributed by atoms with Gasteiger partial charge in [0, 0.05) is 29.5 Å². The Morgan fingerprint density at radius 3 is 1.84 bits per heavy atom. The van der Waals surface area contributed by atoms with Crippen molar-refractivity contribution in [3.63, 3.8) is 0 Å². The van der Waals surface area contributed by atoms with Crippen LogP contribution in [0.1, 0.15) is 67.2 Å². The molecule has 2 amide bonds. The highest BCUT2D eigenvalue weighted by atomic mass is 16.6. The molecule has 0 N–H and O–H groups in total. The molecule has 5 heteroatoms. The third-order valence-electron chi connectivity index (χ3n) is 7.28. The van der Waals surface area contributed by atoms with Gasteiger partial charge in [-0.2, -0.15) is 0 Å². The maximum absolute atomic E-state index is 13.5. The van der Waals surface area contributed by atoms with Crippen molar-refractivity contribution in [2.75, 3.05) is 6.54 Å². The van der Waals surface area contributed by atoms with Crippen LogP contribution in [0.5, 0.6) is 0 Å². The molecule has 5 aromatic carbocycles. The van der Waals surface area contributed by atoms with Crippen LogP contribution in [0.15, 0.2) is 60.7 Å². The van der Waals surface area contributed by atoms with Crippen LogP contribution in [0, 0.1) is 0 Å². The fourth-order valence-corrected chi connectivity index (χ4v) is 5.79. The van der Waals surface area contributed by atoms with Crippen molar-refractivity contribution in [2.24, 2.45) is 0 Å². The molecule has 0 radical (unpaired) electrons. The quantitative estimate of drug-likeness (QED) is 0.0826. The Hall–Kier alpha value is -3.99. The molecule has 0 bridgehead atoms. The molecule has 0 aromatic heterocycles. The van der Waals surface area contributed by atoms with Gasteiger partial charge in [-0.25, -0.2) is 0 Å². The molecule has 0 unspecified atom stereocenters. The lowest BCUT2D eigenvalue weighted by Crippen LogP contribution is -2.40. The van der Waals surface area contributed by atoms with E-state index in [2.05, 4.69) is 36.4 Å². The van der Waals surface area contributed by atoms with Crippen molar-refractivity contribution in [2.45, 2.75) is 52.1 Å². The summed E-state index contributed by atoms with van der Waals surface area (Å²) in [6, 6.07) is 20.4. The highest BCUT2D eigenvalue weighted by molar-refractivity contribution is 6.38. The summed E-state index contributed by atoms with van der Waals surface area (Å²) in [4.78, 5) is 40.4. The first-order valence-corrected chi connectivity index (χ1v) is 12.9. The van der Waals surface area contributed by atoms with E-state index in [4.69, 9.17) is 4.74 Å². The molecule has 186 valence electrons. The number of hydrogen-bond acceptors (Lipinski definition) is 4. The SMILES string of the molecule is CC(C)(C)OC(=O)CCCCCN1C(=O)c2ccc3c4cccc5cccc(c6ccc(c2c36)C1=O)c54. The number of amides is 2. The molecular formula is C32H29NO4. The van der Waals surface area contributed by atoms with Gasteiger partial charge in [0.2, 0.25) is 0 Å². The van der Waals surface area contributed by atoms with Gasteiger partial charge in [0.1, 0.15) is 5.60 Å². The Morgan fingerprint density at radius 2 is 1.27 bits per heavy atom. The predicted octanol–water partition coefficient (Wildman–Crippen LogP) is 7.24. The highest BCUT2D eigenvalue weighted by Gasteiger charge is 2.33. The molecule has 0 atom stereocenters. The van der Waals surface area contributed by atoms with Crippen LogP contribution in [-0.4, -0.2) is 34.8 Å². The molecule has 1 aliphatic rings. The summed E-state index contributed by atoms with van der Waals surface area (Å²) in [6.45, 7) is 5.89. The Bertz CT molecular complexity index is 1630. The monoisotopic (exact) mass is 491 g/mol. The van der Waals surface area contributed by atoms with Crippen LogP contribution < -0.4 is 0 Å². The number of hydrogen-bond donors (Lipinski definition) is 0. The summed E-state index contributed by atoms with van der Waals surface area (Å²) in [7, 11) is 0. The van der Waals surface area contributed by atoms with Gasteiger partial charge in [-0.1, -0.05) is 55.0 Å². The van der Waals surface area contributed by atoms with Crippen molar-refractivity contribution in [1.29, 1.82) is 0 Å². The first-order valence-electron chi connectivity index (χ1n) is 12.9. The highest BCUT2D eigenvalue weighted by Crippen LogP contribution is 2.43. The minimum absolute atomic E-state index is 0.219. The molecule has 6 rings (SSSR count). The standard InChI is InChI=1S/C32H29NO4/c1-32(2,3)37-26(34)13-5-4-6-18-33-30(35)24-16-14-22-20-11-7-9-19-10-8-12-21(27(19)20)23-15-17-25(31(33)36)29(24)28(22)23/h7-12,14-17H,4-6,13,18H2,1-3H3. The van der Waals surface area contributed by atoms with Crippen LogP contribution in [0.25, 0.3) is 43.1 Å². The zero-order valence-electron chi connectivity index (χ0n) is 21.4. The van der Waals surface area contributed by atoms with E-state index in [0.29, 0.717) is 36.9 Å². The molecule has 5 aromatic rings. The minimum Gasteiger partial charge on any atom is -0.460 e. The van der Waals surface area contributed by atoms with E-state index in [1.807, 2.05) is 45.0 Å². The van der Waals surface area contributed by atoms with E-state index in [-0.39, 0.29) is 17.8 Å². The number of ether oxygens (including phenoxy) is 1. The normalized spacial score (nSPS) is 14.0. The Kier molecular flexibility index (Phi) is 5.41. The van der Waals surface area contributed by atoms with Gasteiger partial charge in [-0.15, -0.1) is 0 Å². The molecule has 1 heterocycles. The smallest absolute Gasteiger partial charge is 0.306 e. The van der Waals surface area contributed by atoms with Gasteiger partial charge in [-0.3, -0.25) is 19.3 Å². The van der Waals surface area contributed by atoms with Crippen molar-refractivity contribution < 1.29 is 19.1 Å². The number of carbonyl (C=O) groups excluding carboxylic acids is 3. The van der Waals surface area contributed by atoms with Gasteiger partial charge >= 0.3 is 5.97 Å². The van der Waals surface area contributed by atoms with Crippen LogP contribution in [0.4, 0.5) is 0 Å². The van der Waals surface area contributed by atoms with Crippen LogP contribution >= 0.6 is 0 Å². The lowest BCUT2D eigenvalue weighted by Gasteiger charge is -2.28. The van der Waals surface area contributed by atoms with E-state index in [9.17, 15) is 14.4 Å². The maximum Gasteiger partial charge on any atom is 0.306 e. The second-order valence-electron chi connectivity index (χ2n) is 10.9. The van der Waals surface area contributed by atoms with E-state index in [1.165, 1.54) is 15.7 Å². The van der Waals surface area contributed by atoms with E-state index in [0.717, 1.165) is 38.7 Å². The van der Waals surface area contributed by atoms with Gasteiger partial charge in [0.05, 0.1) is 0 Å². The third-order valence-corrected chi connectivity index (χ3v) is 7.28. The number of unbranched alkanes of at least 4 members (excludes halogenated alkanes) is 2. The van der Waals surface area contributed by atoms with Gasteiger partial charge in [0.15, 0.2) is 0 Å². The number of benzene rings is 5. The molecular weight excluding hydrogens is 462 g/mol. The predicted molar refractivity (Wildman–Crippen MR) is 147 cm³/mol. The average Bonchev–Trinajstić information content (AvgIpc) is 2.86. The van der Waals surface area contributed by atoms with Crippen LogP contribution in [0.2, 0.25) is 0 Å². The molecule has 0 spiro atoms. The fraction of sp³-hybridized carbons (Fsp3) is 0.281. The first kappa shape index (κ1) is 23.4. The maximum atomic E-state index is 13.5. The number of rotatable bonds is 6. The Labute approximate surface area is 215 Å². The number of esters is 1. The summed E-state index contributed by atoms with van der Waals surface area (Å²) in [5, 5.41) is 8.54. The third kappa shape index (κ3) is 3.81. The second kappa shape index (κ2) is 8.55. The lowest BCUT2D eigenvalue weighted by molar-refractivity contribution is -0.154. The molecule has 1 aliphatic heterocycles. The van der Waals surface area contributed by atoms with Gasteiger partial charge in [-0.05, 0) is 83.4 Å². The molecule has 0 aliphatic carbocycles. The van der Waals surface area contributed by atoms with E-state index >= 15 is 0 Å². The zero-order chi connectivity index (χ0) is 25.9. The molecule has 0 fully saturated rings. The number of fused-ring (bicyclic) bond motifs is 2. The lowest BCUT2D eigenvalue weighted by atomic mass is 9.85. The van der Waals surface area contributed by atoms with Crippen molar-refractivity contribution in [3.8, 4) is 0 Å². The molecule has 0 saturated carbocycles. The fourth-order valence-electron chi connectivity index (χ4n) is 5.79. The zero-order valence-corrected chi connectivity index (χ0v) is 21.4. The molecule has 0 saturated heterocycles. The first-order chi connectivity index (χ1) is 17.7.